The molecule has 186 valence electrons. The summed E-state index contributed by atoms with van der Waals surface area (Å²) >= 11 is 0. The second-order valence-electron chi connectivity index (χ2n) is 9.46. The number of nitrogens with zero attached hydrogens (tertiary/aromatic N) is 4. The van der Waals surface area contributed by atoms with Crippen LogP contribution in [0.2, 0.25) is 0 Å². The zero-order chi connectivity index (χ0) is 24.7. The van der Waals surface area contributed by atoms with Gasteiger partial charge >= 0.3 is 0 Å². The van der Waals surface area contributed by atoms with Gasteiger partial charge in [-0.05, 0) is 49.3 Å². The smallest absolute Gasteiger partial charge is 0.251 e. The zero-order valence-corrected chi connectivity index (χ0v) is 21.1. The Hall–Kier alpha value is -3.48. The molecule has 0 radical (unpaired) electrons. The first-order valence-corrected chi connectivity index (χ1v) is 13.0. The molecule has 0 aliphatic carbocycles. The van der Waals surface area contributed by atoms with Gasteiger partial charge in [-0.2, -0.15) is 0 Å². The molecule has 1 aliphatic heterocycles. The summed E-state index contributed by atoms with van der Waals surface area (Å²) in [6.07, 6.45) is 0.963. The molecular weight excluding hydrogens is 446 g/mol. The standard InChI is InChI=1S/C30H35N5O/c1-2-33-18-20-34(21-19-33)17-9-16-31-30(36)26-13-8-12-25(22-26)29-32-27-14-6-7-15-28(27)35(29)23-24-10-4-3-5-11-24/h3-8,10-15,22H,2,9,16-21,23H2,1H3,(H,31,36). The fraction of sp³-hybridized carbons (Fsp3) is 0.333. The number of likely N-dealkylation sites (N-methyl/N-ethyl adjacent to an activating group) is 1. The number of rotatable bonds is 9. The highest BCUT2D eigenvalue weighted by Crippen LogP contribution is 2.26. The zero-order valence-electron chi connectivity index (χ0n) is 21.1. The Kier molecular flexibility index (Phi) is 7.74. The minimum Gasteiger partial charge on any atom is -0.352 e. The van der Waals surface area contributed by atoms with E-state index in [4.69, 9.17) is 4.98 Å². The summed E-state index contributed by atoms with van der Waals surface area (Å²) in [5.41, 5.74) is 4.88. The van der Waals surface area contributed by atoms with Crippen LogP contribution in [0.5, 0.6) is 0 Å². The normalized spacial score (nSPS) is 14.8. The van der Waals surface area contributed by atoms with Crippen LogP contribution < -0.4 is 5.32 Å². The molecule has 0 atom stereocenters. The minimum atomic E-state index is -0.0293. The Labute approximate surface area is 213 Å². The summed E-state index contributed by atoms with van der Waals surface area (Å²) in [6.45, 7) is 10.3. The van der Waals surface area contributed by atoms with Crippen LogP contribution in [0.15, 0.2) is 78.9 Å². The maximum absolute atomic E-state index is 13.0. The lowest BCUT2D eigenvalue weighted by molar-refractivity contribution is 0.0948. The van der Waals surface area contributed by atoms with E-state index in [1.165, 1.54) is 5.56 Å². The highest BCUT2D eigenvalue weighted by Gasteiger charge is 2.16. The van der Waals surface area contributed by atoms with Gasteiger partial charge in [0.15, 0.2) is 0 Å². The van der Waals surface area contributed by atoms with Crippen molar-refractivity contribution in [3.05, 3.63) is 90.0 Å². The van der Waals surface area contributed by atoms with Crippen LogP contribution in [0, 0.1) is 0 Å². The number of nitrogens with one attached hydrogen (secondary N) is 1. The molecule has 3 aromatic carbocycles. The fourth-order valence-corrected chi connectivity index (χ4v) is 4.96. The number of amides is 1. The van der Waals surface area contributed by atoms with Crippen molar-refractivity contribution in [2.45, 2.75) is 19.9 Å². The van der Waals surface area contributed by atoms with E-state index < -0.39 is 0 Å². The molecule has 5 rings (SSSR count). The first-order valence-electron chi connectivity index (χ1n) is 13.0. The van der Waals surface area contributed by atoms with Crippen molar-refractivity contribution in [3.8, 4) is 11.4 Å². The quantitative estimate of drug-likeness (QED) is 0.358. The van der Waals surface area contributed by atoms with E-state index in [1.807, 2.05) is 48.5 Å². The number of carbonyl (C=O) groups is 1. The third-order valence-electron chi connectivity index (χ3n) is 7.07. The summed E-state index contributed by atoms with van der Waals surface area (Å²) < 4.78 is 2.24. The van der Waals surface area contributed by atoms with Crippen molar-refractivity contribution >= 4 is 16.9 Å². The van der Waals surface area contributed by atoms with Gasteiger partial charge < -0.3 is 19.7 Å². The number of para-hydroxylation sites is 2. The molecule has 36 heavy (non-hydrogen) atoms. The topological polar surface area (TPSA) is 53.4 Å². The van der Waals surface area contributed by atoms with Gasteiger partial charge in [0.2, 0.25) is 0 Å². The van der Waals surface area contributed by atoms with Gasteiger partial charge in [0, 0.05) is 50.4 Å². The van der Waals surface area contributed by atoms with Crippen molar-refractivity contribution in [3.63, 3.8) is 0 Å². The van der Waals surface area contributed by atoms with E-state index in [2.05, 4.69) is 56.9 Å². The molecular formula is C30H35N5O. The van der Waals surface area contributed by atoms with E-state index in [1.54, 1.807) is 0 Å². The van der Waals surface area contributed by atoms with Crippen LogP contribution in [0.1, 0.15) is 29.3 Å². The lowest BCUT2D eigenvalue weighted by Crippen LogP contribution is -2.46. The second kappa shape index (κ2) is 11.5. The van der Waals surface area contributed by atoms with Gasteiger partial charge in [0.25, 0.3) is 5.91 Å². The minimum absolute atomic E-state index is 0.0293. The number of benzene rings is 3. The molecule has 0 saturated carbocycles. The summed E-state index contributed by atoms with van der Waals surface area (Å²) in [5, 5.41) is 3.11. The molecule has 0 unspecified atom stereocenters. The molecule has 1 saturated heterocycles. The highest BCUT2D eigenvalue weighted by atomic mass is 16.1. The first kappa shape index (κ1) is 24.2. The van der Waals surface area contributed by atoms with Crippen molar-refractivity contribution in [1.29, 1.82) is 0 Å². The van der Waals surface area contributed by atoms with Crippen LogP contribution in [0.3, 0.4) is 0 Å². The second-order valence-corrected chi connectivity index (χ2v) is 9.46. The van der Waals surface area contributed by atoms with Crippen molar-refractivity contribution < 1.29 is 4.79 Å². The van der Waals surface area contributed by atoms with Crippen LogP contribution in [-0.4, -0.2) is 71.1 Å². The third-order valence-corrected chi connectivity index (χ3v) is 7.07. The maximum Gasteiger partial charge on any atom is 0.251 e. The molecule has 1 fully saturated rings. The number of aromatic nitrogens is 2. The predicted octanol–water partition coefficient (Wildman–Crippen LogP) is 4.51. The monoisotopic (exact) mass is 481 g/mol. The number of fused-ring (bicyclic) bond motifs is 1. The van der Waals surface area contributed by atoms with Gasteiger partial charge in [-0.1, -0.05) is 61.5 Å². The van der Waals surface area contributed by atoms with E-state index in [-0.39, 0.29) is 5.91 Å². The molecule has 1 aromatic heterocycles. The molecule has 1 aliphatic rings. The molecule has 6 heteroatoms. The number of imidazole rings is 1. The SMILES string of the molecule is CCN1CCN(CCCNC(=O)c2cccc(-c3nc4ccccc4n3Cc3ccccc3)c2)CC1. The molecule has 0 bridgehead atoms. The number of hydrogen-bond donors (Lipinski definition) is 1. The molecule has 1 amide bonds. The van der Waals surface area contributed by atoms with Gasteiger partial charge in [0.1, 0.15) is 5.82 Å². The fourth-order valence-electron chi connectivity index (χ4n) is 4.96. The molecule has 4 aromatic rings. The average molecular weight is 482 g/mol. The molecule has 6 nitrogen and oxygen atoms in total. The van der Waals surface area contributed by atoms with Gasteiger partial charge in [-0.25, -0.2) is 4.98 Å². The van der Waals surface area contributed by atoms with E-state index >= 15 is 0 Å². The van der Waals surface area contributed by atoms with E-state index in [9.17, 15) is 4.79 Å². The van der Waals surface area contributed by atoms with Gasteiger partial charge in [-0.3, -0.25) is 4.79 Å². The van der Waals surface area contributed by atoms with E-state index in [0.717, 1.165) is 74.7 Å². The summed E-state index contributed by atoms with van der Waals surface area (Å²) in [6, 6.07) is 26.4. The van der Waals surface area contributed by atoms with E-state index in [0.29, 0.717) is 12.1 Å². The Bertz CT molecular complexity index is 1290. The largest absolute Gasteiger partial charge is 0.352 e. The predicted molar refractivity (Wildman–Crippen MR) is 146 cm³/mol. The number of hydrogen-bond acceptors (Lipinski definition) is 4. The molecule has 1 N–H and O–H groups in total. The van der Waals surface area contributed by atoms with Crippen LogP contribution in [0.25, 0.3) is 22.4 Å². The van der Waals surface area contributed by atoms with Crippen LogP contribution >= 0.6 is 0 Å². The highest BCUT2D eigenvalue weighted by molar-refractivity contribution is 5.95. The summed E-state index contributed by atoms with van der Waals surface area (Å²) in [5.74, 6) is 0.847. The van der Waals surface area contributed by atoms with Gasteiger partial charge in [-0.15, -0.1) is 0 Å². The van der Waals surface area contributed by atoms with Crippen molar-refractivity contribution in [2.75, 3.05) is 45.8 Å². The Morgan fingerprint density at radius 1 is 0.889 bits per heavy atom. The number of carbonyl (C=O) groups excluding carboxylic acids is 1. The van der Waals surface area contributed by atoms with Crippen molar-refractivity contribution in [2.24, 2.45) is 0 Å². The van der Waals surface area contributed by atoms with Crippen LogP contribution in [-0.2, 0) is 6.54 Å². The molecule has 2 heterocycles. The van der Waals surface area contributed by atoms with Crippen molar-refractivity contribution in [1.82, 2.24) is 24.7 Å². The molecule has 0 spiro atoms. The summed E-state index contributed by atoms with van der Waals surface area (Å²) in [4.78, 5) is 22.9. The first-order chi connectivity index (χ1) is 17.7. The summed E-state index contributed by atoms with van der Waals surface area (Å²) in [7, 11) is 0. The van der Waals surface area contributed by atoms with Crippen LogP contribution in [0.4, 0.5) is 0 Å². The lowest BCUT2D eigenvalue weighted by atomic mass is 10.1. The van der Waals surface area contributed by atoms with Gasteiger partial charge in [0.05, 0.1) is 11.0 Å². The Morgan fingerprint density at radius 3 is 2.44 bits per heavy atom. The number of piperazine rings is 1. The third kappa shape index (κ3) is 5.66. The average Bonchev–Trinajstić information content (AvgIpc) is 3.30. The lowest BCUT2D eigenvalue weighted by Gasteiger charge is -2.33. The Balaban J connectivity index is 1.27. The Morgan fingerprint density at radius 2 is 1.64 bits per heavy atom. The maximum atomic E-state index is 13.0.